The lowest BCUT2D eigenvalue weighted by molar-refractivity contribution is -0.140. The van der Waals surface area contributed by atoms with Crippen molar-refractivity contribution in [2.24, 2.45) is 5.92 Å². The van der Waals surface area contributed by atoms with E-state index in [-0.39, 0.29) is 30.2 Å². The maximum Gasteiger partial charge on any atom is 0.251 e. The Balaban J connectivity index is 1.41. The van der Waals surface area contributed by atoms with E-state index < -0.39 is 0 Å². The second-order valence-corrected chi connectivity index (χ2v) is 8.03. The summed E-state index contributed by atoms with van der Waals surface area (Å²) in [5.41, 5.74) is 0.494. The quantitative estimate of drug-likeness (QED) is 0.774. The number of piperidine rings is 1. The molecule has 0 atom stereocenters. The van der Waals surface area contributed by atoms with E-state index in [1.54, 1.807) is 29.2 Å². The molecule has 164 valence electrons. The Kier molecular flexibility index (Phi) is 8.11. The first-order chi connectivity index (χ1) is 14.6. The predicted molar refractivity (Wildman–Crippen MR) is 114 cm³/mol. The SMILES string of the molecule is CCOc1ccc(C(=O)NCC(=O)N2CCC(C(=O)N3CCCCCC3)CC2)cc1. The molecule has 7 heteroatoms. The number of nitrogens with zero attached hydrogens (tertiary/aromatic N) is 2. The van der Waals surface area contributed by atoms with Gasteiger partial charge in [-0.1, -0.05) is 12.8 Å². The summed E-state index contributed by atoms with van der Waals surface area (Å²) in [5, 5.41) is 2.69. The molecule has 0 saturated carbocycles. The Morgan fingerprint density at radius 3 is 2.17 bits per heavy atom. The highest BCUT2D eigenvalue weighted by atomic mass is 16.5. The molecule has 30 heavy (non-hydrogen) atoms. The number of nitrogens with one attached hydrogen (secondary N) is 1. The number of amides is 3. The molecule has 1 aromatic carbocycles. The third-order valence-corrected chi connectivity index (χ3v) is 5.94. The van der Waals surface area contributed by atoms with Gasteiger partial charge in [-0.05, 0) is 56.9 Å². The topological polar surface area (TPSA) is 79.0 Å². The van der Waals surface area contributed by atoms with Crippen LogP contribution in [0.25, 0.3) is 0 Å². The van der Waals surface area contributed by atoms with Gasteiger partial charge in [-0.25, -0.2) is 0 Å². The number of hydrogen-bond acceptors (Lipinski definition) is 4. The van der Waals surface area contributed by atoms with E-state index in [1.807, 2.05) is 11.8 Å². The fourth-order valence-corrected chi connectivity index (χ4v) is 4.16. The van der Waals surface area contributed by atoms with E-state index >= 15 is 0 Å². The summed E-state index contributed by atoms with van der Waals surface area (Å²) in [7, 11) is 0. The standard InChI is InChI=1S/C23H33N3O4/c1-2-30-20-9-7-18(8-10-20)22(28)24-17-21(27)25-15-11-19(12-16-25)23(29)26-13-5-3-4-6-14-26/h7-10,19H,2-6,11-17H2,1H3,(H,24,28). The zero-order valence-electron chi connectivity index (χ0n) is 17.9. The minimum absolute atomic E-state index is 0.0191. The van der Waals surface area contributed by atoms with Crippen molar-refractivity contribution >= 4 is 17.7 Å². The smallest absolute Gasteiger partial charge is 0.251 e. The highest BCUT2D eigenvalue weighted by molar-refractivity contribution is 5.96. The van der Waals surface area contributed by atoms with E-state index in [4.69, 9.17) is 4.74 Å². The molecular weight excluding hydrogens is 382 g/mol. The van der Waals surface area contributed by atoms with Crippen LogP contribution in [-0.4, -0.2) is 66.9 Å². The number of benzene rings is 1. The summed E-state index contributed by atoms with van der Waals surface area (Å²) in [6, 6.07) is 6.86. The third kappa shape index (κ3) is 5.97. The molecule has 0 spiro atoms. The van der Waals surface area contributed by atoms with Crippen molar-refractivity contribution < 1.29 is 19.1 Å². The first kappa shape index (κ1) is 22.1. The third-order valence-electron chi connectivity index (χ3n) is 5.94. The summed E-state index contributed by atoms with van der Waals surface area (Å²) in [6.45, 7) is 5.33. The van der Waals surface area contributed by atoms with Crippen LogP contribution in [0.4, 0.5) is 0 Å². The average Bonchev–Trinajstić information content (AvgIpc) is 3.07. The molecule has 1 aromatic rings. The van der Waals surface area contributed by atoms with Crippen molar-refractivity contribution in [3.63, 3.8) is 0 Å². The normalized spacial score (nSPS) is 17.9. The van der Waals surface area contributed by atoms with Gasteiger partial charge in [0.15, 0.2) is 0 Å². The van der Waals surface area contributed by atoms with Crippen LogP contribution in [0.2, 0.25) is 0 Å². The molecule has 1 N–H and O–H groups in total. The van der Waals surface area contributed by atoms with E-state index in [2.05, 4.69) is 5.32 Å². The molecule has 3 rings (SSSR count). The Morgan fingerprint density at radius 1 is 0.933 bits per heavy atom. The average molecular weight is 416 g/mol. The number of likely N-dealkylation sites (tertiary alicyclic amines) is 2. The van der Waals surface area contributed by atoms with Crippen LogP contribution in [0.1, 0.15) is 55.8 Å². The highest BCUT2D eigenvalue weighted by Crippen LogP contribution is 2.22. The van der Waals surface area contributed by atoms with Gasteiger partial charge in [0, 0.05) is 37.7 Å². The molecule has 2 aliphatic heterocycles. The number of carbonyl (C=O) groups is 3. The maximum absolute atomic E-state index is 12.8. The Bertz CT molecular complexity index is 718. The number of hydrogen-bond donors (Lipinski definition) is 1. The van der Waals surface area contributed by atoms with Gasteiger partial charge in [0.25, 0.3) is 5.91 Å². The van der Waals surface area contributed by atoms with Gasteiger partial charge in [-0.15, -0.1) is 0 Å². The summed E-state index contributed by atoms with van der Waals surface area (Å²) in [6.07, 6.45) is 6.01. The summed E-state index contributed by atoms with van der Waals surface area (Å²) >= 11 is 0. The van der Waals surface area contributed by atoms with Crippen LogP contribution in [0.15, 0.2) is 24.3 Å². The lowest BCUT2D eigenvalue weighted by atomic mass is 9.95. The predicted octanol–water partition coefficient (Wildman–Crippen LogP) is 2.46. The summed E-state index contributed by atoms with van der Waals surface area (Å²) < 4.78 is 5.37. The first-order valence-electron chi connectivity index (χ1n) is 11.2. The number of carbonyl (C=O) groups excluding carboxylic acids is 3. The molecule has 2 saturated heterocycles. The Hall–Kier alpha value is -2.57. The zero-order chi connectivity index (χ0) is 21.3. The van der Waals surface area contributed by atoms with Gasteiger partial charge in [-0.3, -0.25) is 14.4 Å². The van der Waals surface area contributed by atoms with Crippen molar-refractivity contribution in [3.05, 3.63) is 29.8 Å². The lowest BCUT2D eigenvalue weighted by Crippen LogP contribution is -2.47. The minimum Gasteiger partial charge on any atom is -0.494 e. The van der Waals surface area contributed by atoms with Crippen molar-refractivity contribution in [3.8, 4) is 5.75 Å². The molecule has 0 radical (unpaired) electrons. The van der Waals surface area contributed by atoms with Crippen LogP contribution in [0.5, 0.6) is 5.75 Å². The van der Waals surface area contributed by atoms with E-state index in [9.17, 15) is 14.4 Å². The molecule has 7 nitrogen and oxygen atoms in total. The fourth-order valence-electron chi connectivity index (χ4n) is 4.16. The van der Waals surface area contributed by atoms with Crippen LogP contribution in [0.3, 0.4) is 0 Å². The minimum atomic E-state index is -0.280. The number of rotatable bonds is 6. The first-order valence-corrected chi connectivity index (χ1v) is 11.2. The molecule has 0 aliphatic carbocycles. The van der Waals surface area contributed by atoms with Gasteiger partial charge in [0.2, 0.25) is 11.8 Å². The zero-order valence-corrected chi connectivity index (χ0v) is 17.9. The van der Waals surface area contributed by atoms with Crippen LogP contribution in [0, 0.1) is 5.92 Å². The molecule has 0 unspecified atom stereocenters. The fraction of sp³-hybridized carbons (Fsp3) is 0.609. The van der Waals surface area contributed by atoms with Gasteiger partial charge in [0.1, 0.15) is 5.75 Å². The van der Waals surface area contributed by atoms with Gasteiger partial charge in [-0.2, -0.15) is 0 Å². The molecule has 2 aliphatic rings. The van der Waals surface area contributed by atoms with Crippen molar-refractivity contribution in [1.29, 1.82) is 0 Å². The summed E-state index contributed by atoms with van der Waals surface area (Å²) in [5.74, 6) is 0.605. The Labute approximate surface area is 178 Å². The second-order valence-electron chi connectivity index (χ2n) is 8.03. The number of ether oxygens (including phenoxy) is 1. The lowest BCUT2D eigenvalue weighted by Gasteiger charge is -2.34. The maximum atomic E-state index is 12.8. The van der Waals surface area contributed by atoms with Crippen molar-refractivity contribution in [2.75, 3.05) is 39.3 Å². The molecule has 3 amide bonds. The van der Waals surface area contributed by atoms with Crippen LogP contribution in [-0.2, 0) is 9.59 Å². The van der Waals surface area contributed by atoms with Gasteiger partial charge >= 0.3 is 0 Å². The van der Waals surface area contributed by atoms with Crippen molar-refractivity contribution in [1.82, 2.24) is 15.1 Å². The van der Waals surface area contributed by atoms with Gasteiger partial charge < -0.3 is 19.9 Å². The molecule has 2 heterocycles. The molecular formula is C23H33N3O4. The molecule has 2 fully saturated rings. The van der Waals surface area contributed by atoms with Crippen molar-refractivity contribution in [2.45, 2.75) is 45.4 Å². The van der Waals surface area contributed by atoms with Gasteiger partial charge in [0.05, 0.1) is 13.2 Å². The summed E-state index contributed by atoms with van der Waals surface area (Å²) in [4.78, 5) is 41.3. The van der Waals surface area contributed by atoms with Crippen LogP contribution >= 0.6 is 0 Å². The second kappa shape index (κ2) is 11.0. The van der Waals surface area contributed by atoms with E-state index in [1.165, 1.54) is 12.8 Å². The molecule has 0 aromatic heterocycles. The Morgan fingerprint density at radius 2 is 1.57 bits per heavy atom. The largest absolute Gasteiger partial charge is 0.494 e. The van der Waals surface area contributed by atoms with E-state index in [0.717, 1.165) is 25.9 Å². The van der Waals surface area contributed by atoms with Crippen LogP contribution < -0.4 is 10.1 Å². The monoisotopic (exact) mass is 415 g/mol. The molecule has 0 bridgehead atoms. The van der Waals surface area contributed by atoms with E-state index in [0.29, 0.717) is 43.9 Å². The highest BCUT2D eigenvalue weighted by Gasteiger charge is 2.30.